The lowest BCUT2D eigenvalue weighted by molar-refractivity contribution is 0.0690. The number of hydrogen-bond acceptors (Lipinski definition) is 3. The van der Waals surface area contributed by atoms with Gasteiger partial charge in [-0.3, -0.25) is 0 Å². The summed E-state index contributed by atoms with van der Waals surface area (Å²) in [6.45, 7) is 4.28. The molecule has 4 heteroatoms. The van der Waals surface area contributed by atoms with Gasteiger partial charge >= 0.3 is 5.97 Å². The smallest absolute Gasteiger partial charge is 0.354 e. The third kappa shape index (κ3) is 3.69. The highest BCUT2D eigenvalue weighted by Crippen LogP contribution is 2.25. The molecule has 0 radical (unpaired) electrons. The van der Waals surface area contributed by atoms with Crippen molar-refractivity contribution in [1.82, 2.24) is 4.98 Å². The lowest BCUT2D eigenvalue weighted by Gasteiger charge is -2.23. The Bertz CT molecular complexity index is 434. The van der Waals surface area contributed by atoms with E-state index in [0.717, 1.165) is 24.7 Å². The van der Waals surface area contributed by atoms with Crippen molar-refractivity contribution in [2.24, 2.45) is 5.92 Å². The predicted octanol–water partition coefficient (Wildman–Crippen LogP) is 3.19. The van der Waals surface area contributed by atoms with Crippen LogP contribution in [0.5, 0.6) is 0 Å². The van der Waals surface area contributed by atoms with E-state index in [2.05, 4.69) is 16.8 Å². The van der Waals surface area contributed by atoms with E-state index in [-0.39, 0.29) is 5.69 Å². The summed E-state index contributed by atoms with van der Waals surface area (Å²) in [6, 6.07) is 3.59. The van der Waals surface area contributed by atoms with Crippen molar-refractivity contribution in [2.75, 3.05) is 18.0 Å². The quantitative estimate of drug-likeness (QED) is 0.905. The molecule has 1 aliphatic rings. The van der Waals surface area contributed by atoms with Gasteiger partial charge in [-0.2, -0.15) is 0 Å². The number of carboxylic acids is 1. The maximum absolute atomic E-state index is 11.0. The van der Waals surface area contributed by atoms with Crippen molar-refractivity contribution in [3.63, 3.8) is 0 Å². The van der Waals surface area contributed by atoms with Gasteiger partial charge < -0.3 is 10.0 Å². The van der Waals surface area contributed by atoms with Crippen molar-refractivity contribution in [3.05, 3.63) is 24.0 Å². The van der Waals surface area contributed by atoms with Gasteiger partial charge in [-0.25, -0.2) is 9.78 Å². The molecule has 1 aromatic heterocycles. The first-order chi connectivity index (χ1) is 9.20. The van der Waals surface area contributed by atoms with Crippen molar-refractivity contribution < 1.29 is 9.90 Å². The number of carbonyl (C=O) groups is 1. The molecule has 0 saturated carbocycles. The minimum Gasteiger partial charge on any atom is -0.477 e. The highest BCUT2D eigenvalue weighted by molar-refractivity contribution is 5.86. The highest BCUT2D eigenvalue weighted by Gasteiger charge is 2.17. The van der Waals surface area contributed by atoms with E-state index in [9.17, 15) is 4.79 Å². The van der Waals surface area contributed by atoms with Crippen LogP contribution in [0.25, 0.3) is 0 Å². The number of pyridine rings is 1. The molecule has 0 aliphatic carbocycles. The second kappa shape index (κ2) is 6.55. The zero-order valence-corrected chi connectivity index (χ0v) is 11.5. The Morgan fingerprint density at radius 2 is 2.32 bits per heavy atom. The molecule has 0 spiro atoms. The fourth-order valence-electron chi connectivity index (χ4n) is 2.85. The molecule has 1 fully saturated rings. The summed E-state index contributed by atoms with van der Waals surface area (Å²) in [6.07, 6.45) is 7.84. The summed E-state index contributed by atoms with van der Waals surface area (Å²) in [5, 5.41) is 8.99. The molecule has 2 rings (SSSR count). The molecule has 1 saturated heterocycles. The van der Waals surface area contributed by atoms with Gasteiger partial charge in [-0.05, 0) is 37.3 Å². The molecule has 19 heavy (non-hydrogen) atoms. The molecular formula is C15H22N2O2. The fourth-order valence-corrected chi connectivity index (χ4v) is 2.85. The molecule has 0 amide bonds. The second-order valence-corrected chi connectivity index (χ2v) is 5.28. The van der Waals surface area contributed by atoms with Crippen molar-refractivity contribution >= 4 is 11.7 Å². The van der Waals surface area contributed by atoms with Gasteiger partial charge in [0.05, 0.1) is 0 Å². The Kier molecular flexibility index (Phi) is 4.77. The van der Waals surface area contributed by atoms with Crippen molar-refractivity contribution in [2.45, 2.75) is 39.0 Å². The maximum Gasteiger partial charge on any atom is 0.354 e. The number of nitrogens with zero attached hydrogens (tertiary/aromatic N) is 2. The molecular weight excluding hydrogens is 240 g/mol. The van der Waals surface area contributed by atoms with Crippen LogP contribution in [0.4, 0.5) is 5.69 Å². The number of aromatic carboxylic acids is 1. The standard InChI is InChI=1S/C15H22N2O2/c1-2-4-12-5-3-9-17(10-7-12)13-6-8-16-14(11-13)15(18)19/h6,8,11-12H,2-5,7,9-10H2,1H3,(H,18,19). The monoisotopic (exact) mass is 262 g/mol. The highest BCUT2D eigenvalue weighted by atomic mass is 16.4. The summed E-state index contributed by atoms with van der Waals surface area (Å²) >= 11 is 0. The minimum atomic E-state index is -0.958. The van der Waals surface area contributed by atoms with Crippen LogP contribution >= 0.6 is 0 Å². The van der Waals surface area contributed by atoms with E-state index in [1.807, 2.05) is 6.07 Å². The van der Waals surface area contributed by atoms with Crippen LogP contribution in [-0.4, -0.2) is 29.1 Å². The SMILES string of the molecule is CCCC1CCCN(c2ccnc(C(=O)O)c2)CC1. The first-order valence-corrected chi connectivity index (χ1v) is 7.15. The number of carboxylic acid groups (broad SMARTS) is 1. The van der Waals surface area contributed by atoms with Crippen LogP contribution in [0, 0.1) is 5.92 Å². The van der Waals surface area contributed by atoms with E-state index in [0.29, 0.717) is 0 Å². The van der Waals surface area contributed by atoms with E-state index in [1.54, 1.807) is 12.3 Å². The topological polar surface area (TPSA) is 53.4 Å². The minimum absolute atomic E-state index is 0.131. The van der Waals surface area contributed by atoms with Gasteiger partial charge in [-0.1, -0.05) is 19.8 Å². The Balaban J connectivity index is 2.05. The van der Waals surface area contributed by atoms with E-state index in [4.69, 9.17) is 5.11 Å². The number of rotatable bonds is 4. The van der Waals surface area contributed by atoms with Crippen LogP contribution < -0.4 is 4.90 Å². The zero-order valence-electron chi connectivity index (χ0n) is 11.5. The van der Waals surface area contributed by atoms with Crippen LogP contribution in [0.3, 0.4) is 0 Å². The maximum atomic E-state index is 11.0. The number of aromatic nitrogens is 1. The molecule has 1 unspecified atom stereocenters. The van der Waals surface area contributed by atoms with Gasteiger partial charge in [0.15, 0.2) is 0 Å². The van der Waals surface area contributed by atoms with Crippen LogP contribution in [0.1, 0.15) is 49.5 Å². The second-order valence-electron chi connectivity index (χ2n) is 5.28. The van der Waals surface area contributed by atoms with Crippen LogP contribution in [-0.2, 0) is 0 Å². The third-order valence-corrected chi connectivity index (χ3v) is 3.87. The van der Waals surface area contributed by atoms with Gasteiger partial charge in [0.2, 0.25) is 0 Å². The third-order valence-electron chi connectivity index (χ3n) is 3.87. The summed E-state index contributed by atoms with van der Waals surface area (Å²) in [5.41, 5.74) is 1.12. The van der Waals surface area contributed by atoms with Crippen LogP contribution in [0.15, 0.2) is 18.3 Å². The molecule has 0 bridgehead atoms. The summed E-state index contributed by atoms with van der Waals surface area (Å²) in [4.78, 5) is 17.1. The Morgan fingerprint density at radius 3 is 3.05 bits per heavy atom. The Morgan fingerprint density at radius 1 is 1.47 bits per heavy atom. The summed E-state index contributed by atoms with van der Waals surface area (Å²) in [5.74, 6) is -0.128. The summed E-state index contributed by atoms with van der Waals surface area (Å²) < 4.78 is 0. The lowest BCUT2D eigenvalue weighted by atomic mass is 9.96. The molecule has 104 valence electrons. The van der Waals surface area contributed by atoms with E-state index < -0.39 is 5.97 Å². The average molecular weight is 262 g/mol. The molecule has 4 nitrogen and oxygen atoms in total. The van der Waals surface area contributed by atoms with Gasteiger partial charge in [0, 0.05) is 25.0 Å². The molecule has 1 atom stereocenters. The molecule has 2 heterocycles. The fraction of sp³-hybridized carbons (Fsp3) is 0.600. The van der Waals surface area contributed by atoms with Crippen molar-refractivity contribution in [3.8, 4) is 0 Å². The molecule has 1 aromatic rings. The summed E-state index contributed by atoms with van der Waals surface area (Å²) in [7, 11) is 0. The Hall–Kier alpha value is -1.58. The molecule has 1 aliphatic heterocycles. The molecule has 1 N–H and O–H groups in total. The van der Waals surface area contributed by atoms with E-state index >= 15 is 0 Å². The van der Waals surface area contributed by atoms with Gasteiger partial charge in [-0.15, -0.1) is 0 Å². The zero-order chi connectivity index (χ0) is 13.7. The van der Waals surface area contributed by atoms with Gasteiger partial charge in [0.1, 0.15) is 5.69 Å². The van der Waals surface area contributed by atoms with Gasteiger partial charge in [0.25, 0.3) is 0 Å². The first-order valence-electron chi connectivity index (χ1n) is 7.15. The predicted molar refractivity (Wildman–Crippen MR) is 75.7 cm³/mol. The van der Waals surface area contributed by atoms with E-state index in [1.165, 1.54) is 32.1 Å². The number of anilines is 1. The largest absolute Gasteiger partial charge is 0.477 e. The Labute approximate surface area is 114 Å². The lowest BCUT2D eigenvalue weighted by Crippen LogP contribution is -2.24. The number of hydrogen-bond donors (Lipinski definition) is 1. The normalized spacial score (nSPS) is 20.1. The molecule has 0 aromatic carbocycles. The first kappa shape index (κ1) is 13.8. The van der Waals surface area contributed by atoms with Crippen LogP contribution in [0.2, 0.25) is 0 Å². The van der Waals surface area contributed by atoms with Crippen molar-refractivity contribution in [1.29, 1.82) is 0 Å². The average Bonchev–Trinajstić information content (AvgIpc) is 2.65.